The molecule has 80 valence electrons. The Bertz CT molecular complexity index is 571. The summed E-state index contributed by atoms with van der Waals surface area (Å²) < 4.78 is 18.0. The van der Waals surface area contributed by atoms with Crippen molar-refractivity contribution >= 4 is 11.9 Å². The molecule has 0 aliphatic rings. The highest BCUT2D eigenvalue weighted by Gasteiger charge is 2.07. The third-order valence-corrected chi connectivity index (χ3v) is 2.10. The molecule has 0 unspecified atom stereocenters. The fraction of sp³-hybridized carbons (Fsp3) is 0.0909. The molecular formula is C11H7FN2O2. The number of isocyanates is 1. The van der Waals surface area contributed by atoms with Gasteiger partial charge in [0.15, 0.2) is 5.76 Å². The molecule has 2 rings (SSSR count). The standard InChI is InChI=1S/C11H7FN2O2/c1-7-4-8(2-3-9(7)12)10-5-11(13-6-15)14-16-10/h2-5H,1H3. The van der Waals surface area contributed by atoms with E-state index in [0.717, 1.165) is 0 Å². The fourth-order valence-electron chi connectivity index (χ4n) is 1.30. The first-order chi connectivity index (χ1) is 7.70. The molecule has 4 nitrogen and oxygen atoms in total. The van der Waals surface area contributed by atoms with Crippen molar-refractivity contribution in [2.75, 3.05) is 0 Å². The molecule has 0 radical (unpaired) electrons. The van der Waals surface area contributed by atoms with Crippen molar-refractivity contribution in [1.29, 1.82) is 0 Å². The van der Waals surface area contributed by atoms with E-state index in [2.05, 4.69) is 10.1 Å². The second-order valence-corrected chi connectivity index (χ2v) is 3.22. The lowest BCUT2D eigenvalue weighted by atomic mass is 10.1. The van der Waals surface area contributed by atoms with Crippen molar-refractivity contribution in [3.8, 4) is 11.3 Å². The van der Waals surface area contributed by atoms with Gasteiger partial charge in [-0.25, -0.2) is 9.18 Å². The summed E-state index contributed by atoms with van der Waals surface area (Å²) in [4.78, 5) is 13.3. The van der Waals surface area contributed by atoms with Gasteiger partial charge in [-0.2, -0.15) is 0 Å². The second-order valence-electron chi connectivity index (χ2n) is 3.22. The summed E-state index contributed by atoms with van der Waals surface area (Å²) in [5, 5.41) is 3.54. The number of aryl methyl sites for hydroxylation is 1. The van der Waals surface area contributed by atoms with Crippen LogP contribution in [0.5, 0.6) is 0 Å². The van der Waals surface area contributed by atoms with E-state index >= 15 is 0 Å². The first kappa shape index (κ1) is 10.3. The average molecular weight is 218 g/mol. The maximum atomic E-state index is 13.0. The first-order valence-corrected chi connectivity index (χ1v) is 4.52. The smallest absolute Gasteiger partial charge is 0.242 e. The fourth-order valence-corrected chi connectivity index (χ4v) is 1.30. The summed E-state index contributed by atoms with van der Waals surface area (Å²) >= 11 is 0. The maximum absolute atomic E-state index is 13.0. The van der Waals surface area contributed by atoms with Crippen LogP contribution in [-0.4, -0.2) is 11.2 Å². The lowest BCUT2D eigenvalue weighted by Crippen LogP contribution is -1.82. The number of hydrogen-bond donors (Lipinski definition) is 0. The highest BCUT2D eigenvalue weighted by molar-refractivity contribution is 5.61. The van der Waals surface area contributed by atoms with E-state index in [0.29, 0.717) is 16.9 Å². The lowest BCUT2D eigenvalue weighted by molar-refractivity contribution is 0.434. The van der Waals surface area contributed by atoms with Gasteiger partial charge in [-0.3, -0.25) is 0 Å². The summed E-state index contributed by atoms with van der Waals surface area (Å²) in [6.45, 7) is 1.65. The zero-order valence-corrected chi connectivity index (χ0v) is 8.40. The van der Waals surface area contributed by atoms with Crippen LogP contribution in [0.25, 0.3) is 11.3 Å². The number of aromatic nitrogens is 1. The van der Waals surface area contributed by atoms with Crippen LogP contribution >= 0.6 is 0 Å². The first-order valence-electron chi connectivity index (χ1n) is 4.52. The molecule has 0 bridgehead atoms. The number of aliphatic imine (C=N–C) groups is 1. The number of rotatable bonds is 2. The van der Waals surface area contributed by atoms with Crippen LogP contribution in [0.1, 0.15) is 5.56 Å². The zero-order chi connectivity index (χ0) is 11.5. The minimum atomic E-state index is -0.283. The second kappa shape index (κ2) is 4.08. The molecular weight excluding hydrogens is 211 g/mol. The molecule has 2 aromatic rings. The number of halogens is 1. The molecule has 0 fully saturated rings. The minimum Gasteiger partial charge on any atom is -0.354 e. The number of carbonyl (C=O) groups excluding carboxylic acids is 1. The molecule has 1 heterocycles. The monoisotopic (exact) mass is 218 g/mol. The molecule has 0 aliphatic heterocycles. The van der Waals surface area contributed by atoms with Gasteiger partial charge in [0.2, 0.25) is 11.9 Å². The maximum Gasteiger partial charge on any atom is 0.242 e. The number of nitrogens with zero attached hydrogens (tertiary/aromatic N) is 2. The van der Waals surface area contributed by atoms with Gasteiger partial charge in [0, 0.05) is 11.6 Å². The summed E-state index contributed by atoms with van der Waals surface area (Å²) in [6.07, 6.45) is 1.36. The zero-order valence-electron chi connectivity index (χ0n) is 8.40. The van der Waals surface area contributed by atoms with Crippen LogP contribution in [0.2, 0.25) is 0 Å². The summed E-state index contributed by atoms with van der Waals surface area (Å²) in [7, 11) is 0. The Morgan fingerprint density at radius 3 is 2.94 bits per heavy atom. The van der Waals surface area contributed by atoms with E-state index in [4.69, 9.17) is 4.52 Å². The van der Waals surface area contributed by atoms with Gasteiger partial charge < -0.3 is 4.52 Å². The topological polar surface area (TPSA) is 55.5 Å². The Morgan fingerprint density at radius 2 is 2.25 bits per heavy atom. The predicted octanol–water partition coefficient (Wildman–Crippen LogP) is 2.76. The summed E-state index contributed by atoms with van der Waals surface area (Å²) in [5.41, 5.74) is 1.19. The molecule has 1 aromatic heterocycles. The van der Waals surface area contributed by atoms with Crippen LogP contribution in [0.4, 0.5) is 10.2 Å². The summed E-state index contributed by atoms with van der Waals surface area (Å²) in [5.74, 6) is 0.290. The Labute approximate surface area is 90.4 Å². The van der Waals surface area contributed by atoms with Crippen molar-refractivity contribution < 1.29 is 13.7 Å². The normalized spacial score (nSPS) is 9.88. The van der Waals surface area contributed by atoms with Crippen molar-refractivity contribution in [3.63, 3.8) is 0 Å². The van der Waals surface area contributed by atoms with Crippen LogP contribution in [-0.2, 0) is 4.79 Å². The van der Waals surface area contributed by atoms with Gasteiger partial charge in [-0.05, 0) is 30.7 Å². The van der Waals surface area contributed by atoms with Gasteiger partial charge in [-0.1, -0.05) is 5.16 Å². The Hall–Kier alpha value is -2.26. The molecule has 0 amide bonds. The van der Waals surface area contributed by atoms with E-state index in [-0.39, 0.29) is 11.6 Å². The van der Waals surface area contributed by atoms with Gasteiger partial charge in [0.05, 0.1) is 0 Å². The minimum absolute atomic E-state index is 0.145. The Balaban J connectivity index is 2.42. The molecule has 5 heteroatoms. The molecule has 0 saturated heterocycles. The van der Waals surface area contributed by atoms with Gasteiger partial charge in [-0.15, -0.1) is 4.99 Å². The molecule has 0 atom stereocenters. The molecule has 1 aromatic carbocycles. The van der Waals surface area contributed by atoms with Crippen molar-refractivity contribution in [2.45, 2.75) is 6.92 Å². The van der Waals surface area contributed by atoms with E-state index in [9.17, 15) is 9.18 Å². The molecule has 0 spiro atoms. The summed E-state index contributed by atoms with van der Waals surface area (Å²) in [6, 6.07) is 6.02. The highest BCUT2D eigenvalue weighted by atomic mass is 19.1. The highest BCUT2D eigenvalue weighted by Crippen LogP contribution is 2.25. The van der Waals surface area contributed by atoms with Crippen molar-refractivity contribution in [3.05, 3.63) is 35.6 Å². The van der Waals surface area contributed by atoms with Crippen LogP contribution in [0.15, 0.2) is 33.8 Å². The van der Waals surface area contributed by atoms with E-state index in [1.165, 1.54) is 18.2 Å². The predicted molar refractivity (Wildman–Crippen MR) is 54.4 cm³/mol. The van der Waals surface area contributed by atoms with Gasteiger partial charge in [0.1, 0.15) is 5.82 Å². The van der Waals surface area contributed by atoms with Crippen LogP contribution in [0, 0.1) is 12.7 Å². The molecule has 0 aliphatic carbocycles. The van der Waals surface area contributed by atoms with E-state index < -0.39 is 0 Å². The lowest BCUT2D eigenvalue weighted by Gasteiger charge is -1.98. The molecule has 16 heavy (non-hydrogen) atoms. The third-order valence-electron chi connectivity index (χ3n) is 2.10. The quantitative estimate of drug-likeness (QED) is 0.575. The van der Waals surface area contributed by atoms with Crippen LogP contribution in [0.3, 0.4) is 0 Å². The Morgan fingerprint density at radius 1 is 1.44 bits per heavy atom. The largest absolute Gasteiger partial charge is 0.354 e. The van der Waals surface area contributed by atoms with Crippen LogP contribution < -0.4 is 0 Å². The SMILES string of the molecule is Cc1cc(-c2cc(N=C=O)no2)ccc1F. The number of hydrogen-bond acceptors (Lipinski definition) is 4. The van der Waals surface area contributed by atoms with Crippen molar-refractivity contribution in [1.82, 2.24) is 5.16 Å². The van der Waals surface area contributed by atoms with Gasteiger partial charge in [0.25, 0.3) is 0 Å². The van der Waals surface area contributed by atoms with E-state index in [1.54, 1.807) is 19.1 Å². The van der Waals surface area contributed by atoms with Crippen molar-refractivity contribution in [2.24, 2.45) is 4.99 Å². The molecule has 0 N–H and O–H groups in total. The molecule has 0 saturated carbocycles. The number of benzene rings is 1. The third kappa shape index (κ3) is 1.89. The van der Waals surface area contributed by atoms with E-state index in [1.807, 2.05) is 0 Å². The Kier molecular flexibility index (Phi) is 2.62. The average Bonchev–Trinajstić information content (AvgIpc) is 2.71. The van der Waals surface area contributed by atoms with Gasteiger partial charge >= 0.3 is 0 Å².